The summed E-state index contributed by atoms with van der Waals surface area (Å²) in [7, 11) is -6.48. The number of ether oxygens (including phenoxy) is 4. The largest absolute Gasteiger partial charge is 0.455 e. The summed E-state index contributed by atoms with van der Waals surface area (Å²) in [5, 5.41) is 0. The lowest BCUT2D eigenvalue weighted by molar-refractivity contribution is 0.103. The molecule has 0 bridgehead atoms. The van der Waals surface area contributed by atoms with Crippen molar-refractivity contribution in [3.05, 3.63) is 0 Å². The molecule has 2 aliphatic heterocycles. The molecule has 2 saturated heterocycles. The molecule has 2 heterocycles. The zero-order chi connectivity index (χ0) is 31.8. The van der Waals surface area contributed by atoms with E-state index < -0.39 is 33.3 Å². The maximum atomic E-state index is 6.90. The first-order valence-electron chi connectivity index (χ1n) is 18.6. The van der Waals surface area contributed by atoms with Crippen molar-refractivity contribution in [1.82, 2.24) is 0 Å². The van der Waals surface area contributed by atoms with Crippen molar-refractivity contribution in [1.29, 1.82) is 0 Å². The first-order valence-corrected chi connectivity index (χ1v) is 31.0. The van der Waals surface area contributed by atoms with E-state index >= 15 is 0 Å². The van der Waals surface area contributed by atoms with Crippen LogP contribution in [-0.4, -0.2) is 84.1 Å². The Labute approximate surface area is 290 Å². The third-order valence-corrected chi connectivity index (χ3v) is 25.5. The monoisotopic (exact) mass is 718 g/mol. The van der Waals surface area contributed by atoms with Gasteiger partial charge in [0.15, 0.2) is 33.3 Å². The predicted molar refractivity (Wildman–Crippen MR) is 206 cm³/mol. The minimum atomic E-state index is -1.64. The van der Waals surface area contributed by atoms with Gasteiger partial charge in [-0.25, -0.2) is 0 Å². The summed E-state index contributed by atoms with van der Waals surface area (Å²) in [4.78, 5) is 0. The summed E-state index contributed by atoms with van der Waals surface area (Å²) >= 11 is 0. The third kappa shape index (κ3) is 16.6. The van der Waals surface area contributed by atoms with Crippen LogP contribution in [0.4, 0.5) is 0 Å². The Balaban J connectivity index is 0.00000368. The molecule has 0 aromatic rings. The highest BCUT2D eigenvalue weighted by molar-refractivity contribution is 6.85. The van der Waals surface area contributed by atoms with Crippen LogP contribution in [0.25, 0.3) is 0 Å². The van der Waals surface area contributed by atoms with Crippen molar-refractivity contribution in [3.8, 4) is 0 Å². The van der Waals surface area contributed by atoms with Gasteiger partial charge < -0.3 is 27.2 Å². The molecule has 10 heteroatoms. The zero-order valence-electron chi connectivity index (χ0n) is 30.1. The third-order valence-electron chi connectivity index (χ3n) is 10.6. The Bertz CT molecular complexity index is 788. The molecule has 0 aromatic carbocycles. The Kier molecular flexibility index (Phi) is 17.9. The molecule has 0 radical (unpaired) electrons. The molecule has 0 N–H and O–H groups in total. The second-order valence-corrected chi connectivity index (χ2v) is 35.0. The topological polar surface area (TPSA) is 62.0 Å². The zero-order valence-corrected chi connectivity index (χ0v) is 34.1. The van der Waals surface area contributed by atoms with Gasteiger partial charge in [0.2, 0.25) is 0 Å². The van der Waals surface area contributed by atoms with Crippen LogP contribution in [0.3, 0.4) is 0 Å². The van der Waals surface area contributed by atoms with Crippen LogP contribution in [-0.2, 0) is 27.2 Å². The van der Waals surface area contributed by atoms with Gasteiger partial charge in [-0.1, -0.05) is 27.7 Å². The van der Waals surface area contributed by atoms with Gasteiger partial charge in [0.05, 0.1) is 24.4 Å². The van der Waals surface area contributed by atoms with E-state index in [1.54, 1.807) is 0 Å². The highest BCUT2D eigenvalue weighted by atomic mass is 28.4. The number of fused-ring (bicyclic) bond motifs is 2. The molecule has 6 unspecified atom stereocenters. The first-order chi connectivity index (χ1) is 20.7. The van der Waals surface area contributed by atoms with Gasteiger partial charge in [0.25, 0.3) is 0 Å². The molecule has 0 spiro atoms. The van der Waals surface area contributed by atoms with Crippen molar-refractivity contribution in [2.24, 2.45) is 11.8 Å². The van der Waals surface area contributed by atoms with Crippen molar-refractivity contribution in [3.63, 3.8) is 0 Å². The number of unbranched alkanes of at least 4 members (excludes halogenated alkanes) is 1. The fourth-order valence-electron chi connectivity index (χ4n) is 8.11. The summed E-state index contributed by atoms with van der Waals surface area (Å²) in [5.41, 5.74) is 0. The van der Waals surface area contributed by atoms with Crippen molar-refractivity contribution >= 4 is 33.3 Å². The smallest absolute Gasteiger partial charge is 0.173 e. The van der Waals surface area contributed by atoms with E-state index in [9.17, 15) is 0 Å². The SMILES string of the molecule is C.C.C[Si](C)(CCCOCCCCOCCC[Si](C)(C)O[Si](C)(C)CCC1CCC2OC2C1)O[Si](C)(C)CCC1CCC2OC2C1. The predicted octanol–water partition coefficient (Wildman–Crippen LogP) is 10.6. The average molecular weight is 719 g/mol. The molecule has 4 fully saturated rings. The standard InChI is InChI=1S/C34H70O6Si4.2CH4/c1-41(2,39-43(5,6)25-17-29-13-15-31-33(27-29)37-31)23-11-21-35-19-9-10-20-36-22-12-24-42(3,4)40-44(7,8)26-18-30-14-16-32-34(28-30)38-32;;/h29-34H,9-28H2,1-8H3;2*1H4. The van der Waals surface area contributed by atoms with Crippen molar-refractivity contribution < 1.29 is 27.2 Å². The van der Waals surface area contributed by atoms with E-state index in [2.05, 4.69) is 52.4 Å². The molecule has 6 atom stereocenters. The fourth-order valence-corrected chi connectivity index (χ4v) is 25.9. The van der Waals surface area contributed by atoms with E-state index in [1.165, 1.54) is 75.5 Å². The second kappa shape index (κ2) is 19.3. The fraction of sp³-hybridized carbons (Fsp3) is 1.00. The van der Waals surface area contributed by atoms with Gasteiger partial charge in [-0.15, -0.1) is 0 Å². The minimum absolute atomic E-state index is 0. The van der Waals surface area contributed by atoms with Crippen LogP contribution >= 0.6 is 0 Å². The van der Waals surface area contributed by atoms with Gasteiger partial charge in [-0.2, -0.15) is 0 Å². The summed E-state index contributed by atoms with van der Waals surface area (Å²) < 4.78 is 37.2. The first kappa shape index (κ1) is 42.8. The molecule has 0 aromatic heterocycles. The van der Waals surface area contributed by atoms with E-state index in [1.807, 2.05) is 0 Å². The molecule has 4 rings (SSSR count). The second-order valence-electron chi connectivity index (χ2n) is 17.2. The highest BCUT2D eigenvalue weighted by Crippen LogP contribution is 2.43. The van der Waals surface area contributed by atoms with Crippen LogP contribution in [0.2, 0.25) is 76.6 Å². The lowest BCUT2D eigenvalue weighted by Gasteiger charge is -2.35. The van der Waals surface area contributed by atoms with Crippen LogP contribution in [0.5, 0.6) is 0 Å². The summed E-state index contributed by atoms with van der Waals surface area (Å²) in [6.07, 6.45) is 17.4. The Morgan fingerprint density at radius 2 is 0.804 bits per heavy atom. The Morgan fingerprint density at radius 1 is 0.457 bits per heavy atom. The number of epoxide rings is 2. The maximum absolute atomic E-state index is 6.90. The van der Waals surface area contributed by atoms with Gasteiger partial charge >= 0.3 is 0 Å². The van der Waals surface area contributed by atoms with Gasteiger partial charge in [-0.05, 0) is 153 Å². The normalized spacial score (nSPS) is 27.7. The van der Waals surface area contributed by atoms with E-state index in [0.29, 0.717) is 24.4 Å². The van der Waals surface area contributed by atoms with E-state index in [4.69, 9.17) is 27.2 Å². The lowest BCUT2D eigenvalue weighted by Crippen LogP contribution is -2.44. The lowest BCUT2D eigenvalue weighted by atomic mass is 9.88. The van der Waals surface area contributed by atoms with Gasteiger partial charge in [-0.3, -0.25) is 0 Å². The summed E-state index contributed by atoms with van der Waals surface area (Å²) in [6.45, 7) is 22.8. The summed E-state index contributed by atoms with van der Waals surface area (Å²) in [6, 6.07) is 5.00. The number of hydrogen-bond acceptors (Lipinski definition) is 6. The molecule has 274 valence electrons. The highest BCUT2D eigenvalue weighted by Gasteiger charge is 2.45. The Morgan fingerprint density at radius 3 is 1.17 bits per heavy atom. The number of hydrogen-bond donors (Lipinski definition) is 0. The minimum Gasteiger partial charge on any atom is -0.455 e. The van der Waals surface area contributed by atoms with Crippen LogP contribution in [0, 0.1) is 11.8 Å². The summed E-state index contributed by atoms with van der Waals surface area (Å²) in [5.74, 6) is 1.74. The maximum Gasteiger partial charge on any atom is 0.173 e. The van der Waals surface area contributed by atoms with Gasteiger partial charge in [0.1, 0.15) is 0 Å². The van der Waals surface area contributed by atoms with Crippen LogP contribution < -0.4 is 0 Å². The Hall–Kier alpha value is 0.628. The van der Waals surface area contributed by atoms with Crippen LogP contribution in [0.15, 0.2) is 0 Å². The van der Waals surface area contributed by atoms with Crippen molar-refractivity contribution in [2.75, 3.05) is 26.4 Å². The van der Waals surface area contributed by atoms with Gasteiger partial charge in [0, 0.05) is 26.4 Å². The molecule has 2 aliphatic carbocycles. The van der Waals surface area contributed by atoms with E-state index in [-0.39, 0.29) is 14.9 Å². The molecule has 2 saturated carbocycles. The number of rotatable bonds is 23. The van der Waals surface area contributed by atoms with E-state index in [0.717, 1.165) is 63.9 Å². The van der Waals surface area contributed by atoms with Crippen molar-refractivity contribution in [2.45, 2.75) is 193 Å². The molecule has 4 aliphatic rings. The van der Waals surface area contributed by atoms with Crippen LogP contribution in [0.1, 0.15) is 91.9 Å². The quantitative estimate of drug-likeness (QED) is 0.0595. The molecule has 0 amide bonds. The molecule has 6 nitrogen and oxygen atoms in total. The molecule has 46 heavy (non-hydrogen) atoms. The average Bonchev–Trinajstić information content (AvgIpc) is 3.85. The molecular formula is C36H78O6Si4. The molecular weight excluding hydrogens is 641 g/mol.